The molecular weight excluding hydrogens is 328 g/mol. The third-order valence-corrected chi connectivity index (χ3v) is 3.99. The van der Waals surface area contributed by atoms with Gasteiger partial charge < -0.3 is 9.73 Å². The zero-order valence-corrected chi connectivity index (χ0v) is 14.1. The second-order valence-corrected chi connectivity index (χ2v) is 5.84. The maximum Gasteiger partial charge on any atom is 0.256 e. The van der Waals surface area contributed by atoms with Crippen LogP contribution < -0.4 is 5.32 Å². The Morgan fingerprint density at radius 2 is 1.73 bits per heavy atom. The highest BCUT2D eigenvalue weighted by Gasteiger charge is 2.11. The van der Waals surface area contributed by atoms with Crippen molar-refractivity contribution in [3.8, 4) is 22.6 Å². The molecule has 0 aliphatic rings. The molecule has 3 aromatic heterocycles. The number of hydrogen-bond acceptors (Lipinski definition) is 4. The lowest BCUT2D eigenvalue weighted by atomic mass is 10.1. The molecule has 2 N–H and O–H groups in total. The summed E-state index contributed by atoms with van der Waals surface area (Å²) in [4.78, 5) is 16.4. The molecule has 4 aromatic rings. The quantitative estimate of drug-likeness (QED) is 0.578. The van der Waals surface area contributed by atoms with Crippen molar-refractivity contribution in [3.63, 3.8) is 0 Å². The summed E-state index contributed by atoms with van der Waals surface area (Å²) in [5, 5.41) is 9.75. The van der Waals surface area contributed by atoms with Crippen LogP contribution in [0.2, 0.25) is 0 Å². The second-order valence-electron chi connectivity index (χ2n) is 5.84. The molecule has 128 valence electrons. The molecule has 0 spiro atoms. The summed E-state index contributed by atoms with van der Waals surface area (Å²) < 4.78 is 5.54. The maximum atomic E-state index is 12.4. The van der Waals surface area contributed by atoms with Gasteiger partial charge >= 0.3 is 0 Å². The van der Waals surface area contributed by atoms with Crippen LogP contribution in [0.1, 0.15) is 16.1 Å². The second kappa shape index (κ2) is 6.68. The minimum absolute atomic E-state index is 0.222. The SMILES string of the molecule is Cc1ccc(-c2cc(NC(=O)c3ccc(-c4ccncc4)cc3)n[nH]2)o1. The smallest absolute Gasteiger partial charge is 0.256 e. The van der Waals surface area contributed by atoms with Crippen molar-refractivity contribution >= 4 is 11.7 Å². The molecule has 1 amide bonds. The van der Waals surface area contributed by atoms with Crippen molar-refractivity contribution in [1.29, 1.82) is 0 Å². The number of pyridine rings is 1. The third kappa shape index (κ3) is 3.25. The first-order valence-electron chi connectivity index (χ1n) is 8.13. The highest BCUT2D eigenvalue weighted by Crippen LogP contribution is 2.23. The Kier molecular flexibility index (Phi) is 4.07. The Morgan fingerprint density at radius 1 is 1.00 bits per heavy atom. The van der Waals surface area contributed by atoms with E-state index < -0.39 is 0 Å². The predicted molar refractivity (Wildman–Crippen MR) is 98.7 cm³/mol. The Labute approximate surface area is 149 Å². The molecular formula is C20H16N4O2. The van der Waals surface area contributed by atoms with Gasteiger partial charge in [0.25, 0.3) is 5.91 Å². The van der Waals surface area contributed by atoms with Gasteiger partial charge in [0, 0.05) is 24.0 Å². The number of carbonyl (C=O) groups is 1. The fraction of sp³-hybridized carbons (Fsp3) is 0.0500. The summed E-state index contributed by atoms with van der Waals surface area (Å²) in [5.41, 5.74) is 3.35. The van der Waals surface area contributed by atoms with Gasteiger partial charge in [-0.25, -0.2) is 0 Å². The van der Waals surface area contributed by atoms with E-state index in [0.29, 0.717) is 22.8 Å². The maximum absolute atomic E-state index is 12.4. The standard InChI is InChI=1S/C20H16N4O2/c1-13-2-7-18(26-13)17-12-19(24-23-17)22-20(25)16-5-3-14(4-6-16)15-8-10-21-11-9-15/h2-12H,1H3,(H2,22,23,24,25). The summed E-state index contributed by atoms with van der Waals surface area (Å²) in [6, 6.07) is 16.7. The van der Waals surface area contributed by atoms with Crippen LogP contribution in [0.15, 0.2) is 71.4 Å². The van der Waals surface area contributed by atoms with Gasteiger partial charge in [0.1, 0.15) is 11.5 Å². The topological polar surface area (TPSA) is 83.8 Å². The minimum atomic E-state index is -0.222. The first-order valence-corrected chi connectivity index (χ1v) is 8.13. The van der Waals surface area contributed by atoms with Gasteiger partial charge in [-0.1, -0.05) is 12.1 Å². The van der Waals surface area contributed by atoms with Gasteiger partial charge in [-0.3, -0.25) is 14.9 Å². The van der Waals surface area contributed by atoms with E-state index in [1.165, 1.54) is 0 Å². The van der Waals surface area contributed by atoms with Crippen LogP contribution in [0.3, 0.4) is 0 Å². The van der Waals surface area contributed by atoms with Crippen LogP contribution in [0.25, 0.3) is 22.6 Å². The van der Waals surface area contributed by atoms with Gasteiger partial charge in [0.15, 0.2) is 11.6 Å². The van der Waals surface area contributed by atoms with Gasteiger partial charge in [-0.15, -0.1) is 0 Å². The van der Waals surface area contributed by atoms with Crippen molar-refractivity contribution in [1.82, 2.24) is 15.2 Å². The number of furan rings is 1. The van der Waals surface area contributed by atoms with E-state index >= 15 is 0 Å². The van der Waals surface area contributed by atoms with Crippen LogP contribution in [-0.4, -0.2) is 21.1 Å². The van der Waals surface area contributed by atoms with E-state index in [1.54, 1.807) is 30.6 Å². The van der Waals surface area contributed by atoms with Gasteiger partial charge in [-0.2, -0.15) is 5.10 Å². The van der Waals surface area contributed by atoms with E-state index in [4.69, 9.17) is 4.42 Å². The highest BCUT2D eigenvalue weighted by atomic mass is 16.3. The normalized spacial score (nSPS) is 10.7. The van der Waals surface area contributed by atoms with E-state index in [2.05, 4.69) is 20.5 Å². The van der Waals surface area contributed by atoms with E-state index in [-0.39, 0.29) is 5.91 Å². The predicted octanol–water partition coefficient (Wildman–Crippen LogP) is 4.29. The van der Waals surface area contributed by atoms with Crippen LogP contribution in [0, 0.1) is 6.92 Å². The molecule has 0 radical (unpaired) electrons. The minimum Gasteiger partial charge on any atom is -0.460 e. The number of rotatable bonds is 4. The average molecular weight is 344 g/mol. The highest BCUT2D eigenvalue weighted by molar-refractivity contribution is 6.04. The van der Waals surface area contributed by atoms with Crippen LogP contribution in [0.4, 0.5) is 5.82 Å². The molecule has 4 rings (SSSR count). The van der Waals surface area contributed by atoms with Crippen molar-refractivity contribution in [2.45, 2.75) is 6.92 Å². The fourth-order valence-electron chi connectivity index (χ4n) is 2.64. The monoisotopic (exact) mass is 344 g/mol. The van der Waals surface area contributed by atoms with E-state index in [9.17, 15) is 4.79 Å². The molecule has 0 saturated carbocycles. The number of anilines is 1. The van der Waals surface area contributed by atoms with E-state index in [0.717, 1.165) is 16.9 Å². The average Bonchev–Trinajstić information content (AvgIpc) is 3.31. The largest absolute Gasteiger partial charge is 0.460 e. The zero-order valence-electron chi connectivity index (χ0n) is 14.1. The Morgan fingerprint density at radius 3 is 2.42 bits per heavy atom. The number of carbonyl (C=O) groups excluding carboxylic acids is 1. The van der Waals surface area contributed by atoms with Crippen molar-refractivity contribution in [3.05, 3.63) is 78.3 Å². The molecule has 0 bridgehead atoms. The van der Waals surface area contributed by atoms with Crippen molar-refractivity contribution in [2.24, 2.45) is 0 Å². The Balaban J connectivity index is 1.47. The lowest BCUT2D eigenvalue weighted by Crippen LogP contribution is -2.11. The molecule has 1 aromatic carbocycles. The summed E-state index contributed by atoms with van der Waals surface area (Å²) in [7, 11) is 0. The molecule has 0 atom stereocenters. The number of H-pyrrole nitrogens is 1. The summed E-state index contributed by atoms with van der Waals surface area (Å²) in [6.45, 7) is 1.87. The lowest BCUT2D eigenvalue weighted by molar-refractivity contribution is 0.102. The number of aryl methyl sites for hydroxylation is 1. The van der Waals surface area contributed by atoms with Crippen molar-refractivity contribution in [2.75, 3.05) is 5.32 Å². The van der Waals surface area contributed by atoms with Gasteiger partial charge in [-0.05, 0) is 54.4 Å². The summed E-state index contributed by atoms with van der Waals surface area (Å²) in [5.74, 6) is 1.71. The molecule has 6 heteroatoms. The molecule has 0 saturated heterocycles. The first kappa shape index (κ1) is 15.8. The lowest BCUT2D eigenvalue weighted by Gasteiger charge is -2.04. The number of benzene rings is 1. The number of amides is 1. The molecule has 0 aliphatic heterocycles. The zero-order chi connectivity index (χ0) is 17.9. The van der Waals surface area contributed by atoms with Crippen molar-refractivity contribution < 1.29 is 9.21 Å². The number of aromatic nitrogens is 3. The molecule has 6 nitrogen and oxygen atoms in total. The summed E-state index contributed by atoms with van der Waals surface area (Å²) >= 11 is 0. The fourth-order valence-corrected chi connectivity index (χ4v) is 2.64. The summed E-state index contributed by atoms with van der Waals surface area (Å²) in [6.07, 6.45) is 3.48. The van der Waals surface area contributed by atoms with Crippen LogP contribution in [-0.2, 0) is 0 Å². The molecule has 0 unspecified atom stereocenters. The third-order valence-electron chi connectivity index (χ3n) is 3.99. The van der Waals surface area contributed by atoms with E-state index in [1.807, 2.05) is 43.3 Å². The Hall–Kier alpha value is -3.67. The molecule has 0 fully saturated rings. The molecule has 26 heavy (non-hydrogen) atoms. The van der Waals surface area contributed by atoms with Crippen LogP contribution >= 0.6 is 0 Å². The van der Waals surface area contributed by atoms with Crippen LogP contribution in [0.5, 0.6) is 0 Å². The number of hydrogen-bond donors (Lipinski definition) is 2. The first-order chi connectivity index (χ1) is 12.7. The molecule has 3 heterocycles. The number of nitrogens with one attached hydrogen (secondary N) is 2. The Bertz CT molecular complexity index is 1030. The number of aromatic amines is 1. The van der Waals surface area contributed by atoms with Gasteiger partial charge in [0.05, 0.1) is 0 Å². The van der Waals surface area contributed by atoms with Gasteiger partial charge in [0.2, 0.25) is 0 Å². The number of nitrogens with zero attached hydrogens (tertiary/aromatic N) is 2. The molecule has 0 aliphatic carbocycles.